The lowest BCUT2D eigenvalue weighted by Gasteiger charge is -2.36. The van der Waals surface area contributed by atoms with E-state index in [0.29, 0.717) is 23.4 Å². The van der Waals surface area contributed by atoms with Crippen LogP contribution in [0.25, 0.3) is 6.08 Å². The van der Waals surface area contributed by atoms with Gasteiger partial charge in [0.05, 0.1) is 11.1 Å². The Bertz CT molecular complexity index is 1170. The number of rotatable bonds is 4. The summed E-state index contributed by atoms with van der Waals surface area (Å²) in [6.45, 7) is 5.91. The summed E-state index contributed by atoms with van der Waals surface area (Å²) in [7, 11) is 0. The fourth-order valence-electron chi connectivity index (χ4n) is 4.37. The van der Waals surface area contributed by atoms with Gasteiger partial charge in [0.15, 0.2) is 5.76 Å². The van der Waals surface area contributed by atoms with Crippen LogP contribution in [-0.4, -0.2) is 47.0 Å². The van der Waals surface area contributed by atoms with Crippen molar-refractivity contribution in [1.29, 1.82) is 0 Å². The fraction of sp³-hybridized carbons (Fsp3) is 0.231. The second-order valence-corrected chi connectivity index (χ2v) is 8.21. The third-order valence-electron chi connectivity index (χ3n) is 6.10. The average Bonchev–Trinajstić information content (AvgIpc) is 3.14. The van der Waals surface area contributed by atoms with Crippen molar-refractivity contribution in [3.8, 4) is 11.5 Å². The summed E-state index contributed by atoms with van der Waals surface area (Å²) < 4.78 is 6.04. The van der Waals surface area contributed by atoms with Gasteiger partial charge in [0, 0.05) is 50.8 Å². The first-order chi connectivity index (χ1) is 15.6. The van der Waals surface area contributed by atoms with Gasteiger partial charge in [0.2, 0.25) is 5.78 Å². The van der Waals surface area contributed by atoms with E-state index < -0.39 is 0 Å². The zero-order valence-corrected chi connectivity index (χ0v) is 18.0. The number of fused-ring (bicyclic) bond motifs is 1. The molecule has 0 saturated carbocycles. The summed E-state index contributed by atoms with van der Waals surface area (Å²) in [4.78, 5) is 21.7. The Hall–Kier alpha value is -3.64. The first-order valence-electron chi connectivity index (χ1n) is 10.8. The Kier molecular flexibility index (Phi) is 5.37. The Balaban J connectivity index is 1.37. The molecule has 2 aliphatic heterocycles. The highest BCUT2D eigenvalue weighted by Gasteiger charge is 2.34. The van der Waals surface area contributed by atoms with Gasteiger partial charge in [-0.15, -0.1) is 0 Å². The van der Waals surface area contributed by atoms with Crippen LogP contribution in [0.5, 0.6) is 11.5 Å². The molecular formula is C26H25N3O3. The number of anilines is 1. The molecule has 0 atom stereocenters. The van der Waals surface area contributed by atoms with Gasteiger partial charge >= 0.3 is 0 Å². The number of Topliss-reactive ketones (excluding diaryl/α,β-unsaturated/α-hetero) is 1. The first kappa shape index (κ1) is 20.3. The number of ether oxygens (including phenoxy) is 1. The molecule has 6 heteroatoms. The van der Waals surface area contributed by atoms with E-state index in [1.54, 1.807) is 24.5 Å². The van der Waals surface area contributed by atoms with E-state index >= 15 is 0 Å². The number of phenolic OH excluding ortho intramolecular Hbond substituents is 1. The molecule has 2 aliphatic rings. The maximum atomic E-state index is 13.1. The molecule has 162 valence electrons. The van der Waals surface area contributed by atoms with Crippen LogP contribution < -0.4 is 9.64 Å². The van der Waals surface area contributed by atoms with Crippen LogP contribution in [0.15, 0.2) is 66.7 Å². The highest BCUT2D eigenvalue weighted by atomic mass is 16.5. The second kappa shape index (κ2) is 8.48. The molecule has 0 amide bonds. The van der Waals surface area contributed by atoms with Gasteiger partial charge in [0.25, 0.3) is 0 Å². The summed E-state index contributed by atoms with van der Waals surface area (Å²) in [6.07, 6.45) is 5.08. The van der Waals surface area contributed by atoms with E-state index in [9.17, 15) is 9.90 Å². The molecule has 1 N–H and O–H groups in total. The number of carbonyl (C=O) groups is 1. The smallest absolute Gasteiger partial charge is 0.232 e. The van der Waals surface area contributed by atoms with E-state index in [-0.39, 0.29) is 17.3 Å². The van der Waals surface area contributed by atoms with Crippen molar-refractivity contribution in [2.75, 3.05) is 31.1 Å². The van der Waals surface area contributed by atoms with Gasteiger partial charge in [0.1, 0.15) is 11.5 Å². The zero-order chi connectivity index (χ0) is 22.1. The molecule has 2 aromatic carbocycles. The van der Waals surface area contributed by atoms with Crippen molar-refractivity contribution in [3.05, 3.63) is 88.9 Å². The number of carbonyl (C=O) groups excluding carboxylic acids is 1. The number of piperazine rings is 1. The number of aryl methyl sites for hydroxylation is 1. The largest absolute Gasteiger partial charge is 0.507 e. The minimum absolute atomic E-state index is 0.149. The lowest BCUT2D eigenvalue weighted by atomic mass is 9.99. The predicted octanol–water partition coefficient (Wildman–Crippen LogP) is 4.03. The maximum Gasteiger partial charge on any atom is 0.232 e. The molecule has 5 rings (SSSR count). The Morgan fingerprint density at radius 3 is 2.50 bits per heavy atom. The number of nitrogens with zero attached hydrogens (tertiary/aromatic N) is 3. The molecule has 0 unspecified atom stereocenters. The third kappa shape index (κ3) is 3.85. The van der Waals surface area contributed by atoms with Crippen molar-refractivity contribution >= 4 is 17.5 Å². The summed E-state index contributed by atoms with van der Waals surface area (Å²) in [5.41, 5.74) is 4.01. The van der Waals surface area contributed by atoms with Crippen molar-refractivity contribution < 1.29 is 14.6 Å². The molecule has 0 aliphatic carbocycles. The number of phenols is 1. The molecule has 1 saturated heterocycles. The van der Waals surface area contributed by atoms with Crippen molar-refractivity contribution in [1.82, 2.24) is 9.88 Å². The van der Waals surface area contributed by atoms with Gasteiger partial charge in [-0.05, 0) is 54.5 Å². The highest BCUT2D eigenvalue weighted by Crippen LogP contribution is 2.42. The molecule has 32 heavy (non-hydrogen) atoms. The van der Waals surface area contributed by atoms with Crippen LogP contribution >= 0.6 is 0 Å². The molecule has 0 bridgehead atoms. The minimum atomic E-state index is -0.149. The Morgan fingerprint density at radius 2 is 1.78 bits per heavy atom. The molecular weight excluding hydrogens is 402 g/mol. The highest BCUT2D eigenvalue weighted by molar-refractivity contribution is 6.15. The van der Waals surface area contributed by atoms with Gasteiger partial charge in [-0.3, -0.25) is 14.7 Å². The quantitative estimate of drug-likeness (QED) is 0.634. The molecule has 0 radical (unpaired) electrons. The fourth-order valence-corrected chi connectivity index (χ4v) is 4.37. The van der Waals surface area contributed by atoms with Crippen LogP contribution in [0.4, 0.5) is 5.69 Å². The number of hydrogen-bond acceptors (Lipinski definition) is 6. The monoisotopic (exact) mass is 427 g/mol. The van der Waals surface area contributed by atoms with Gasteiger partial charge in [-0.1, -0.05) is 18.2 Å². The van der Waals surface area contributed by atoms with Gasteiger partial charge < -0.3 is 14.7 Å². The Labute approximate surface area is 187 Å². The predicted molar refractivity (Wildman–Crippen MR) is 124 cm³/mol. The van der Waals surface area contributed by atoms with Crippen LogP contribution in [0.2, 0.25) is 0 Å². The van der Waals surface area contributed by atoms with Crippen molar-refractivity contribution in [3.63, 3.8) is 0 Å². The zero-order valence-electron chi connectivity index (χ0n) is 18.0. The van der Waals surface area contributed by atoms with Crippen LogP contribution in [0.1, 0.15) is 27.0 Å². The van der Waals surface area contributed by atoms with Crippen molar-refractivity contribution in [2.24, 2.45) is 0 Å². The summed E-state index contributed by atoms with van der Waals surface area (Å²) in [5, 5.41) is 10.7. The molecule has 0 spiro atoms. The molecule has 6 nitrogen and oxygen atoms in total. The summed E-state index contributed by atoms with van der Waals surface area (Å²) in [5.74, 6) is 0.780. The first-order valence-corrected chi connectivity index (χ1v) is 10.8. The molecule has 1 aromatic heterocycles. The lowest BCUT2D eigenvalue weighted by molar-refractivity contribution is 0.101. The summed E-state index contributed by atoms with van der Waals surface area (Å²) in [6, 6.07) is 15.7. The Morgan fingerprint density at radius 1 is 1.06 bits per heavy atom. The number of aromatic nitrogens is 1. The lowest BCUT2D eigenvalue weighted by Crippen LogP contribution is -2.46. The number of allylic oxidation sites excluding steroid dienone is 1. The number of para-hydroxylation sites is 1. The maximum absolute atomic E-state index is 13.1. The van der Waals surface area contributed by atoms with E-state index in [1.165, 1.54) is 5.69 Å². The average molecular weight is 428 g/mol. The number of pyridine rings is 1. The minimum Gasteiger partial charge on any atom is -0.507 e. The summed E-state index contributed by atoms with van der Waals surface area (Å²) >= 11 is 0. The standard InChI is InChI=1S/C26H25N3O3/c1-18-15-22(30)21(17-28-11-13-29(14-12-28)20-5-3-2-4-6-20)26-24(18)25(31)23(32-26)16-19-7-9-27-10-8-19/h2-10,15-16,30H,11-14,17H2,1H3/b23-16-. The van der Waals surface area contributed by atoms with E-state index in [1.807, 2.05) is 25.1 Å². The normalized spacial score (nSPS) is 17.5. The van der Waals surface area contributed by atoms with Crippen molar-refractivity contribution in [2.45, 2.75) is 13.5 Å². The van der Waals surface area contributed by atoms with Gasteiger partial charge in [-0.25, -0.2) is 0 Å². The van der Waals surface area contributed by atoms with E-state index in [4.69, 9.17) is 4.74 Å². The van der Waals surface area contributed by atoms with E-state index in [2.05, 4.69) is 39.0 Å². The number of ketones is 1. The van der Waals surface area contributed by atoms with Crippen LogP contribution in [-0.2, 0) is 6.54 Å². The number of benzene rings is 2. The van der Waals surface area contributed by atoms with Crippen LogP contribution in [0.3, 0.4) is 0 Å². The molecule has 3 heterocycles. The topological polar surface area (TPSA) is 65.9 Å². The number of aromatic hydroxyl groups is 1. The third-order valence-corrected chi connectivity index (χ3v) is 6.10. The molecule has 3 aromatic rings. The van der Waals surface area contributed by atoms with Crippen LogP contribution in [0, 0.1) is 6.92 Å². The SMILES string of the molecule is Cc1cc(O)c(CN2CCN(c3ccccc3)CC2)c2c1C(=O)/C(=C/c1ccncc1)O2. The van der Waals surface area contributed by atoms with E-state index in [0.717, 1.165) is 37.3 Å². The molecule has 1 fully saturated rings. The van der Waals surface area contributed by atoms with Gasteiger partial charge in [-0.2, -0.15) is 0 Å². The number of hydrogen-bond donors (Lipinski definition) is 1. The second-order valence-electron chi connectivity index (χ2n) is 8.21.